The van der Waals surface area contributed by atoms with Gasteiger partial charge < -0.3 is 9.84 Å². The van der Waals surface area contributed by atoms with Gasteiger partial charge in [-0.2, -0.15) is 5.26 Å². The van der Waals surface area contributed by atoms with E-state index < -0.39 is 12.0 Å². The molecule has 1 unspecified atom stereocenters. The fraction of sp³-hybridized carbons (Fsp3) is 0.500. The molecule has 1 aromatic carbocycles. The molecule has 0 fully saturated rings. The van der Waals surface area contributed by atoms with Gasteiger partial charge in [-0.1, -0.05) is 19.1 Å². The van der Waals surface area contributed by atoms with E-state index in [0.29, 0.717) is 19.7 Å². The van der Waals surface area contributed by atoms with E-state index in [0.717, 1.165) is 17.7 Å². The largest absolute Gasteiger partial charge is 0.494 e. The van der Waals surface area contributed by atoms with E-state index in [1.807, 2.05) is 43.0 Å². The Morgan fingerprint density at radius 2 is 2.19 bits per heavy atom. The molecule has 114 valence electrons. The van der Waals surface area contributed by atoms with Crippen molar-refractivity contribution in [2.24, 2.45) is 0 Å². The minimum Gasteiger partial charge on any atom is -0.494 e. The van der Waals surface area contributed by atoms with E-state index >= 15 is 0 Å². The second kappa shape index (κ2) is 8.98. The molecule has 21 heavy (non-hydrogen) atoms. The average Bonchev–Trinajstić information content (AvgIpc) is 2.46. The lowest BCUT2D eigenvalue weighted by molar-refractivity contribution is -0.137. The SMILES string of the molecule is CCCN(CCC(=O)O)C(C#N)c1cccc(OCC)c1. The summed E-state index contributed by atoms with van der Waals surface area (Å²) in [7, 11) is 0. The van der Waals surface area contributed by atoms with Gasteiger partial charge in [-0.05, 0) is 37.6 Å². The molecule has 0 amide bonds. The quantitative estimate of drug-likeness (QED) is 0.757. The molecule has 1 atom stereocenters. The molecule has 5 heteroatoms. The highest BCUT2D eigenvalue weighted by atomic mass is 16.5. The molecule has 0 aromatic heterocycles. The molecule has 5 nitrogen and oxygen atoms in total. The number of carboxylic acid groups (broad SMARTS) is 1. The summed E-state index contributed by atoms with van der Waals surface area (Å²) in [4.78, 5) is 12.7. The molecule has 0 radical (unpaired) electrons. The summed E-state index contributed by atoms with van der Waals surface area (Å²) >= 11 is 0. The summed E-state index contributed by atoms with van der Waals surface area (Å²) in [5, 5.41) is 18.3. The van der Waals surface area contributed by atoms with E-state index in [9.17, 15) is 10.1 Å². The fourth-order valence-corrected chi connectivity index (χ4v) is 2.20. The molecule has 1 rings (SSSR count). The summed E-state index contributed by atoms with van der Waals surface area (Å²) < 4.78 is 5.46. The van der Waals surface area contributed by atoms with Gasteiger partial charge in [0.15, 0.2) is 0 Å². The highest BCUT2D eigenvalue weighted by Gasteiger charge is 2.20. The maximum atomic E-state index is 10.8. The van der Waals surface area contributed by atoms with Gasteiger partial charge in [0.05, 0.1) is 19.1 Å². The zero-order chi connectivity index (χ0) is 15.7. The summed E-state index contributed by atoms with van der Waals surface area (Å²) in [5.41, 5.74) is 0.835. The number of rotatable bonds is 9. The zero-order valence-corrected chi connectivity index (χ0v) is 12.6. The first-order chi connectivity index (χ1) is 10.1. The van der Waals surface area contributed by atoms with E-state index in [-0.39, 0.29) is 6.42 Å². The third kappa shape index (κ3) is 5.44. The number of nitriles is 1. The van der Waals surface area contributed by atoms with Crippen LogP contribution in [0.5, 0.6) is 5.75 Å². The van der Waals surface area contributed by atoms with Crippen molar-refractivity contribution in [1.82, 2.24) is 4.90 Å². The molecule has 0 spiro atoms. The van der Waals surface area contributed by atoms with Crippen LogP contribution in [0.3, 0.4) is 0 Å². The first kappa shape index (κ1) is 17.0. The third-order valence-corrected chi connectivity index (χ3v) is 3.10. The van der Waals surface area contributed by atoms with E-state index in [1.54, 1.807) is 0 Å². The minimum absolute atomic E-state index is 0.0311. The van der Waals surface area contributed by atoms with Crippen LogP contribution in [-0.2, 0) is 4.79 Å². The van der Waals surface area contributed by atoms with Gasteiger partial charge >= 0.3 is 5.97 Å². The van der Waals surface area contributed by atoms with Gasteiger partial charge in [-0.15, -0.1) is 0 Å². The Morgan fingerprint density at radius 1 is 1.43 bits per heavy atom. The second-order valence-electron chi connectivity index (χ2n) is 4.72. The number of carbonyl (C=O) groups is 1. The summed E-state index contributed by atoms with van der Waals surface area (Å²) in [6.07, 6.45) is 0.895. The van der Waals surface area contributed by atoms with Crippen molar-refractivity contribution >= 4 is 5.97 Å². The average molecular weight is 290 g/mol. The molecule has 0 aliphatic heterocycles. The standard InChI is InChI=1S/C16H22N2O3/c1-3-9-18(10-8-16(19)20)15(12-17)13-6-5-7-14(11-13)21-4-2/h5-7,11,15H,3-4,8-10H2,1-2H3,(H,19,20). The number of nitrogens with zero attached hydrogens (tertiary/aromatic N) is 2. The van der Waals surface area contributed by atoms with Crippen molar-refractivity contribution in [3.63, 3.8) is 0 Å². The van der Waals surface area contributed by atoms with Crippen molar-refractivity contribution in [3.05, 3.63) is 29.8 Å². The van der Waals surface area contributed by atoms with Crippen LogP contribution in [0.15, 0.2) is 24.3 Å². The lowest BCUT2D eigenvalue weighted by atomic mass is 10.1. The molecular weight excluding hydrogens is 268 g/mol. The number of carboxylic acids is 1. The van der Waals surface area contributed by atoms with Crippen LogP contribution < -0.4 is 4.74 Å². The number of hydrogen-bond donors (Lipinski definition) is 1. The fourth-order valence-electron chi connectivity index (χ4n) is 2.20. The predicted molar refractivity (Wildman–Crippen MR) is 80.1 cm³/mol. The Morgan fingerprint density at radius 3 is 2.76 bits per heavy atom. The summed E-state index contributed by atoms with van der Waals surface area (Å²) in [5.74, 6) is -0.124. The maximum absolute atomic E-state index is 10.8. The van der Waals surface area contributed by atoms with E-state index in [2.05, 4.69) is 6.07 Å². The topological polar surface area (TPSA) is 73.6 Å². The minimum atomic E-state index is -0.851. The van der Waals surface area contributed by atoms with Crippen molar-refractivity contribution in [2.45, 2.75) is 32.7 Å². The van der Waals surface area contributed by atoms with Crippen LogP contribution in [0.1, 0.15) is 38.3 Å². The molecule has 0 bridgehead atoms. The van der Waals surface area contributed by atoms with Gasteiger partial charge in [0.25, 0.3) is 0 Å². The van der Waals surface area contributed by atoms with E-state index in [4.69, 9.17) is 9.84 Å². The van der Waals surface area contributed by atoms with Gasteiger partial charge in [0, 0.05) is 6.54 Å². The Labute approximate surface area is 125 Å². The second-order valence-corrected chi connectivity index (χ2v) is 4.72. The molecule has 0 saturated carbocycles. The normalized spacial score (nSPS) is 11.9. The lowest BCUT2D eigenvalue weighted by Crippen LogP contribution is -2.31. The van der Waals surface area contributed by atoms with Crippen molar-refractivity contribution < 1.29 is 14.6 Å². The van der Waals surface area contributed by atoms with Crippen LogP contribution in [0, 0.1) is 11.3 Å². The third-order valence-electron chi connectivity index (χ3n) is 3.10. The Kier molecular flexibility index (Phi) is 7.27. The summed E-state index contributed by atoms with van der Waals surface area (Å²) in [6, 6.07) is 9.25. The molecule has 1 aromatic rings. The van der Waals surface area contributed by atoms with E-state index in [1.165, 1.54) is 0 Å². The van der Waals surface area contributed by atoms with Gasteiger partial charge in [0.1, 0.15) is 11.8 Å². The van der Waals surface area contributed by atoms with Crippen LogP contribution in [0.2, 0.25) is 0 Å². The van der Waals surface area contributed by atoms with Crippen LogP contribution in [-0.4, -0.2) is 35.7 Å². The predicted octanol–water partition coefficient (Wildman–Crippen LogP) is 2.84. The Balaban J connectivity index is 2.93. The zero-order valence-electron chi connectivity index (χ0n) is 12.6. The van der Waals surface area contributed by atoms with Crippen molar-refractivity contribution in [2.75, 3.05) is 19.7 Å². The Bertz CT molecular complexity index is 497. The molecule has 0 aliphatic rings. The van der Waals surface area contributed by atoms with Crippen molar-refractivity contribution in [3.8, 4) is 11.8 Å². The van der Waals surface area contributed by atoms with Crippen LogP contribution in [0.25, 0.3) is 0 Å². The highest BCUT2D eigenvalue weighted by molar-refractivity contribution is 5.66. The number of benzene rings is 1. The molecule has 0 aliphatic carbocycles. The summed E-state index contributed by atoms with van der Waals surface area (Å²) in [6.45, 7) is 5.53. The lowest BCUT2D eigenvalue weighted by Gasteiger charge is -2.26. The smallest absolute Gasteiger partial charge is 0.304 e. The molecule has 0 saturated heterocycles. The van der Waals surface area contributed by atoms with Crippen molar-refractivity contribution in [1.29, 1.82) is 5.26 Å². The first-order valence-corrected chi connectivity index (χ1v) is 7.20. The van der Waals surface area contributed by atoms with Crippen LogP contribution in [0.4, 0.5) is 0 Å². The first-order valence-electron chi connectivity index (χ1n) is 7.20. The highest BCUT2D eigenvalue weighted by Crippen LogP contribution is 2.24. The molecule has 0 heterocycles. The molecule has 1 N–H and O–H groups in total. The maximum Gasteiger partial charge on any atom is 0.304 e. The van der Waals surface area contributed by atoms with Gasteiger partial charge in [-0.3, -0.25) is 9.69 Å². The number of hydrogen-bond acceptors (Lipinski definition) is 4. The van der Waals surface area contributed by atoms with Crippen LogP contribution >= 0.6 is 0 Å². The monoisotopic (exact) mass is 290 g/mol. The molecular formula is C16H22N2O3. The number of aliphatic carboxylic acids is 1. The number of ether oxygens (including phenoxy) is 1. The van der Waals surface area contributed by atoms with Gasteiger partial charge in [0.2, 0.25) is 0 Å². The van der Waals surface area contributed by atoms with Gasteiger partial charge in [-0.25, -0.2) is 0 Å². The Hall–Kier alpha value is -2.06.